The standard InChI is InChI=1S/C16H15ClN2O4/c1-10-3-4-12(8-14(10)17)18-16(20)9-23-15-6-5-13(19(21)22)7-11(15)2/h3-8H,9H2,1-2H3,(H,18,20). The van der Waals surface area contributed by atoms with Gasteiger partial charge in [0.25, 0.3) is 11.6 Å². The molecule has 0 saturated carbocycles. The van der Waals surface area contributed by atoms with Gasteiger partial charge in [0.1, 0.15) is 5.75 Å². The number of nitrogens with zero attached hydrogens (tertiary/aromatic N) is 1. The van der Waals surface area contributed by atoms with Crippen LogP contribution in [0.4, 0.5) is 11.4 Å². The van der Waals surface area contributed by atoms with Gasteiger partial charge in [-0.05, 0) is 43.2 Å². The molecule has 6 nitrogen and oxygen atoms in total. The Hall–Kier alpha value is -2.60. The highest BCUT2D eigenvalue weighted by Gasteiger charge is 2.10. The van der Waals surface area contributed by atoms with E-state index in [1.807, 2.05) is 6.92 Å². The Labute approximate surface area is 138 Å². The maximum atomic E-state index is 11.9. The Balaban J connectivity index is 1.96. The molecule has 0 aliphatic rings. The number of rotatable bonds is 5. The van der Waals surface area contributed by atoms with Crippen LogP contribution >= 0.6 is 11.6 Å². The van der Waals surface area contributed by atoms with Crippen molar-refractivity contribution in [2.45, 2.75) is 13.8 Å². The molecule has 0 radical (unpaired) electrons. The molecule has 2 aromatic carbocycles. The first kappa shape index (κ1) is 16.8. The van der Waals surface area contributed by atoms with E-state index in [-0.39, 0.29) is 18.2 Å². The van der Waals surface area contributed by atoms with Gasteiger partial charge in [-0.15, -0.1) is 0 Å². The van der Waals surface area contributed by atoms with Crippen molar-refractivity contribution in [3.8, 4) is 5.75 Å². The van der Waals surface area contributed by atoms with Gasteiger partial charge in [-0.3, -0.25) is 14.9 Å². The third-order valence-electron chi connectivity index (χ3n) is 3.18. The molecule has 0 aromatic heterocycles. The second kappa shape index (κ2) is 7.11. The molecule has 2 rings (SSSR count). The summed E-state index contributed by atoms with van der Waals surface area (Å²) in [4.78, 5) is 22.1. The Morgan fingerprint density at radius 1 is 1.22 bits per heavy atom. The van der Waals surface area contributed by atoms with Crippen LogP contribution in [0.3, 0.4) is 0 Å². The minimum absolute atomic E-state index is 0.0198. The lowest BCUT2D eigenvalue weighted by Gasteiger charge is -2.10. The van der Waals surface area contributed by atoms with Crippen molar-refractivity contribution in [3.05, 3.63) is 62.7 Å². The van der Waals surface area contributed by atoms with Crippen LogP contribution in [0.2, 0.25) is 5.02 Å². The highest BCUT2D eigenvalue weighted by Crippen LogP contribution is 2.23. The number of nitrogens with one attached hydrogen (secondary N) is 1. The molecule has 0 unspecified atom stereocenters. The van der Waals surface area contributed by atoms with Crippen molar-refractivity contribution < 1.29 is 14.5 Å². The number of nitro benzene ring substituents is 1. The van der Waals surface area contributed by atoms with E-state index in [0.717, 1.165) is 5.56 Å². The van der Waals surface area contributed by atoms with Crippen LogP contribution in [-0.2, 0) is 4.79 Å². The largest absolute Gasteiger partial charge is 0.483 e. The van der Waals surface area contributed by atoms with Gasteiger partial charge in [-0.25, -0.2) is 0 Å². The van der Waals surface area contributed by atoms with Crippen LogP contribution < -0.4 is 10.1 Å². The molecule has 0 aliphatic heterocycles. The maximum Gasteiger partial charge on any atom is 0.269 e. The van der Waals surface area contributed by atoms with Gasteiger partial charge >= 0.3 is 0 Å². The van der Waals surface area contributed by atoms with Crippen molar-refractivity contribution >= 4 is 28.9 Å². The molecule has 2 aromatic rings. The fraction of sp³-hybridized carbons (Fsp3) is 0.188. The Morgan fingerprint density at radius 3 is 2.57 bits per heavy atom. The topological polar surface area (TPSA) is 81.5 Å². The summed E-state index contributed by atoms with van der Waals surface area (Å²) in [6, 6.07) is 9.41. The van der Waals surface area contributed by atoms with Crippen LogP contribution in [0, 0.1) is 24.0 Å². The van der Waals surface area contributed by atoms with Crippen molar-refractivity contribution in [3.63, 3.8) is 0 Å². The number of aryl methyl sites for hydroxylation is 2. The average Bonchev–Trinajstić information content (AvgIpc) is 2.49. The second-order valence-corrected chi connectivity index (χ2v) is 5.41. The highest BCUT2D eigenvalue weighted by molar-refractivity contribution is 6.31. The SMILES string of the molecule is Cc1ccc(NC(=O)COc2ccc([N+](=O)[O-])cc2C)cc1Cl. The lowest BCUT2D eigenvalue weighted by molar-refractivity contribution is -0.384. The fourth-order valence-corrected chi connectivity index (χ4v) is 2.10. The quantitative estimate of drug-likeness (QED) is 0.664. The lowest BCUT2D eigenvalue weighted by atomic mass is 10.2. The maximum absolute atomic E-state index is 11.9. The predicted molar refractivity (Wildman–Crippen MR) is 88.1 cm³/mol. The molecule has 1 N–H and O–H groups in total. The van der Waals surface area contributed by atoms with E-state index in [9.17, 15) is 14.9 Å². The molecule has 1 amide bonds. The zero-order valence-corrected chi connectivity index (χ0v) is 13.4. The van der Waals surface area contributed by atoms with E-state index < -0.39 is 4.92 Å². The van der Waals surface area contributed by atoms with Gasteiger partial charge in [0, 0.05) is 22.8 Å². The minimum Gasteiger partial charge on any atom is -0.483 e. The third-order valence-corrected chi connectivity index (χ3v) is 3.59. The van der Waals surface area contributed by atoms with Crippen molar-refractivity contribution in [2.75, 3.05) is 11.9 Å². The summed E-state index contributed by atoms with van der Waals surface area (Å²) < 4.78 is 5.39. The zero-order valence-electron chi connectivity index (χ0n) is 12.6. The van der Waals surface area contributed by atoms with Crippen molar-refractivity contribution in [1.82, 2.24) is 0 Å². The molecule has 0 aliphatic carbocycles. The molecule has 120 valence electrons. The Bertz CT molecular complexity index is 762. The number of benzene rings is 2. The monoisotopic (exact) mass is 334 g/mol. The second-order valence-electron chi connectivity index (χ2n) is 5.01. The predicted octanol–water partition coefficient (Wildman–Crippen LogP) is 3.88. The van der Waals surface area contributed by atoms with E-state index >= 15 is 0 Å². The van der Waals surface area contributed by atoms with Crippen LogP contribution in [0.5, 0.6) is 5.75 Å². The number of non-ortho nitro benzene ring substituents is 1. The highest BCUT2D eigenvalue weighted by atomic mass is 35.5. The summed E-state index contributed by atoms with van der Waals surface area (Å²) in [5.74, 6) is 0.0790. The van der Waals surface area contributed by atoms with Crippen molar-refractivity contribution in [2.24, 2.45) is 0 Å². The number of halogens is 1. The fourth-order valence-electron chi connectivity index (χ4n) is 1.92. The molecule has 0 saturated heterocycles. The first-order valence-corrected chi connectivity index (χ1v) is 7.18. The molecule has 0 fully saturated rings. The number of hydrogen-bond donors (Lipinski definition) is 1. The normalized spacial score (nSPS) is 10.2. The average molecular weight is 335 g/mol. The zero-order chi connectivity index (χ0) is 17.0. The van der Waals surface area contributed by atoms with Crippen LogP contribution in [0.1, 0.15) is 11.1 Å². The van der Waals surface area contributed by atoms with Gasteiger partial charge in [-0.2, -0.15) is 0 Å². The van der Waals surface area contributed by atoms with E-state index in [1.165, 1.54) is 18.2 Å². The van der Waals surface area contributed by atoms with Gasteiger partial charge in [0.15, 0.2) is 6.61 Å². The van der Waals surface area contributed by atoms with Crippen LogP contribution in [0.25, 0.3) is 0 Å². The number of anilines is 1. The van der Waals surface area contributed by atoms with E-state index in [0.29, 0.717) is 22.0 Å². The summed E-state index contributed by atoms with van der Waals surface area (Å²) in [5, 5.41) is 13.9. The Kier molecular flexibility index (Phi) is 5.18. The summed E-state index contributed by atoms with van der Waals surface area (Å²) in [6.45, 7) is 3.35. The smallest absolute Gasteiger partial charge is 0.269 e. The number of nitro groups is 1. The van der Waals surface area contributed by atoms with Crippen LogP contribution in [0.15, 0.2) is 36.4 Å². The number of carbonyl (C=O) groups is 1. The minimum atomic E-state index is -0.482. The molecule has 0 spiro atoms. The summed E-state index contributed by atoms with van der Waals surface area (Å²) in [7, 11) is 0. The van der Waals surface area contributed by atoms with Crippen LogP contribution in [-0.4, -0.2) is 17.4 Å². The first-order chi connectivity index (χ1) is 10.9. The number of ether oxygens (including phenoxy) is 1. The number of amides is 1. The van der Waals surface area contributed by atoms with Gasteiger partial charge in [0.05, 0.1) is 4.92 Å². The molecule has 7 heteroatoms. The van der Waals surface area contributed by atoms with Gasteiger partial charge in [0.2, 0.25) is 0 Å². The van der Waals surface area contributed by atoms with Gasteiger partial charge in [-0.1, -0.05) is 17.7 Å². The molecular formula is C16H15ClN2O4. The molecule has 23 heavy (non-hydrogen) atoms. The van der Waals surface area contributed by atoms with Gasteiger partial charge < -0.3 is 10.1 Å². The lowest BCUT2D eigenvalue weighted by Crippen LogP contribution is -2.20. The molecule has 0 heterocycles. The van der Waals surface area contributed by atoms with E-state index in [1.54, 1.807) is 25.1 Å². The molecule has 0 atom stereocenters. The number of hydrogen-bond acceptors (Lipinski definition) is 4. The number of carbonyl (C=O) groups excluding carboxylic acids is 1. The van der Waals surface area contributed by atoms with E-state index in [2.05, 4.69) is 5.32 Å². The molecule has 0 bridgehead atoms. The van der Waals surface area contributed by atoms with E-state index in [4.69, 9.17) is 16.3 Å². The summed E-state index contributed by atoms with van der Waals surface area (Å²) in [5.41, 5.74) is 2.07. The summed E-state index contributed by atoms with van der Waals surface area (Å²) >= 11 is 5.99. The Morgan fingerprint density at radius 2 is 1.96 bits per heavy atom. The molecular weight excluding hydrogens is 320 g/mol. The third kappa shape index (κ3) is 4.43. The van der Waals surface area contributed by atoms with Crippen molar-refractivity contribution in [1.29, 1.82) is 0 Å². The summed E-state index contributed by atoms with van der Waals surface area (Å²) in [6.07, 6.45) is 0. The first-order valence-electron chi connectivity index (χ1n) is 6.80.